The third-order valence-electron chi connectivity index (χ3n) is 7.25. The highest BCUT2D eigenvalue weighted by molar-refractivity contribution is 5.50. The van der Waals surface area contributed by atoms with Crippen LogP contribution in [0.1, 0.15) is 46.3 Å². The Hall–Kier alpha value is -2.93. The summed E-state index contributed by atoms with van der Waals surface area (Å²) >= 11 is 0. The number of piperidine rings is 1. The molecule has 1 aromatic heterocycles. The van der Waals surface area contributed by atoms with E-state index in [1.807, 2.05) is 30.5 Å². The van der Waals surface area contributed by atoms with Crippen LogP contribution in [0.2, 0.25) is 0 Å². The number of pyridine rings is 1. The van der Waals surface area contributed by atoms with Crippen molar-refractivity contribution >= 4 is 0 Å². The molecule has 0 spiro atoms. The molecule has 0 bridgehead atoms. The molecular weight excluding hydrogens is 438 g/mol. The molecule has 2 aromatic carbocycles. The fourth-order valence-electron chi connectivity index (χ4n) is 5.39. The molecule has 5 rings (SSSR count). The molecule has 1 fully saturated rings. The maximum atomic E-state index is 6.73. The van der Waals surface area contributed by atoms with Crippen LogP contribution in [0, 0.1) is 6.92 Å². The molecule has 2 aliphatic rings. The molecule has 0 aliphatic carbocycles. The van der Waals surface area contributed by atoms with Crippen LogP contribution in [0.5, 0.6) is 11.5 Å². The second-order valence-electron chi connectivity index (χ2n) is 9.61. The summed E-state index contributed by atoms with van der Waals surface area (Å²) < 4.78 is 17.6. The second-order valence-corrected chi connectivity index (χ2v) is 9.61. The number of benzene rings is 2. The lowest BCUT2D eigenvalue weighted by molar-refractivity contribution is 0.0875. The summed E-state index contributed by atoms with van der Waals surface area (Å²) in [6.07, 6.45) is 3.79. The summed E-state index contributed by atoms with van der Waals surface area (Å²) in [5.41, 5.74) is 12.9. The van der Waals surface area contributed by atoms with Crippen molar-refractivity contribution in [3.8, 4) is 11.5 Å². The molecule has 2 aliphatic heterocycles. The third kappa shape index (κ3) is 5.35. The Kier molecular flexibility index (Phi) is 7.32. The van der Waals surface area contributed by atoms with Crippen molar-refractivity contribution in [1.82, 2.24) is 9.88 Å². The molecule has 0 saturated carbocycles. The number of hydrogen-bond donors (Lipinski definition) is 1. The maximum Gasteiger partial charge on any atom is 0.161 e. The maximum absolute atomic E-state index is 6.73. The summed E-state index contributed by atoms with van der Waals surface area (Å²) in [4.78, 5) is 7.21. The number of nitrogens with two attached hydrogens (primary N) is 1. The van der Waals surface area contributed by atoms with Gasteiger partial charge in [-0.05, 0) is 66.3 Å². The average molecular weight is 474 g/mol. The van der Waals surface area contributed by atoms with E-state index in [0.717, 1.165) is 48.7 Å². The summed E-state index contributed by atoms with van der Waals surface area (Å²) in [6, 6.07) is 19.1. The van der Waals surface area contributed by atoms with Gasteiger partial charge in [-0.15, -0.1) is 0 Å². The van der Waals surface area contributed by atoms with Crippen LogP contribution in [-0.4, -0.2) is 49.3 Å². The Labute approximate surface area is 208 Å². The molecule has 3 atom stereocenters. The molecule has 0 amide bonds. The number of fused-ring (bicyclic) bond motifs is 3. The normalized spacial score (nSPS) is 21.7. The zero-order valence-electron chi connectivity index (χ0n) is 20.7. The second kappa shape index (κ2) is 10.8. The number of ether oxygens (including phenoxy) is 3. The van der Waals surface area contributed by atoms with Crippen LogP contribution in [0.15, 0.2) is 60.8 Å². The quantitative estimate of drug-likeness (QED) is 0.489. The van der Waals surface area contributed by atoms with Gasteiger partial charge in [-0.25, -0.2) is 0 Å². The highest BCUT2D eigenvalue weighted by Gasteiger charge is 2.39. The fraction of sp³-hybridized carbons (Fsp3) is 0.414. The minimum Gasteiger partial charge on any atom is -0.493 e. The van der Waals surface area contributed by atoms with Gasteiger partial charge in [0, 0.05) is 43.0 Å². The van der Waals surface area contributed by atoms with E-state index in [4.69, 9.17) is 19.9 Å². The molecule has 6 heteroatoms. The van der Waals surface area contributed by atoms with E-state index < -0.39 is 0 Å². The molecular formula is C29H35N3O3. The van der Waals surface area contributed by atoms with E-state index in [9.17, 15) is 0 Å². The Morgan fingerprint density at radius 3 is 2.71 bits per heavy atom. The standard InChI is InChI=1S/C29H35N3O3/c1-20-8-10-31-26(14-20)24-18-32-11-9-22-15-29(28(33-2)16-23(22)27(32)17-25(24)30)35-13-12-34-19-21-6-4-3-5-7-21/h3-8,10,14-16,24-25,27H,9,11-13,17-19,30H2,1-2H3/t24-,25+,27+/m0/s1. The molecule has 184 valence electrons. The van der Waals surface area contributed by atoms with E-state index in [1.54, 1.807) is 7.11 Å². The highest BCUT2D eigenvalue weighted by atomic mass is 16.5. The Balaban J connectivity index is 1.24. The minimum atomic E-state index is 0.0696. The van der Waals surface area contributed by atoms with Crippen LogP contribution in [0.4, 0.5) is 0 Å². The Bertz CT molecular complexity index is 1140. The van der Waals surface area contributed by atoms with E-state index >= 15 is 0 Å². The first-order valence-corrected chi connectivity index (χ1v) is 12.5. The molecule has 6 nitrogen and oxygen atoms in total. The van der Waals surface area contributed by atoms with Gasteiger partial charge in [0.25, 0.3) is 0 Å². The van der Waals surface area contributed by atoms with Gasteiger partial charge in [0.15, 0.2) is 11.5 Å². The molecule has 3 aromatic rings. The molecule has 3 heterocycles. The number of rotatable bonds is 8. The van der Waals surface area contributed by atoms with Gasteiger partial charge >= 0.3 is 0 Å². The number of aromatic nitrogens is 1. The summed E-state index contributed by atoms with van der Waals surface area (Å²) in [5.74, 6) is 1.81. The van der Waals surface area contributed by atoms with Crippen LogP contribution in [-0.2, 0) is 17.8 Å². The topological polar surface area (TPSA) is 69.8 Å². The van der Waals surface area contributed by atoms with Crippen LogP contribution in [0.25, 0.3) is 0 Å². The average Bonchev–Trinajstić information content (AvgIpc) is 2.88. The van der Waals surface area contributed by atoms with E-state index in [2.05, 4.69) is 47.1 Å². The summed E-state index contributed by atoms with van der Waals surface area (Å²) in [5, 5.41) is 0. The van der Waals surface area contributed by atoms with E-state index in [0.29, 0.717) is 25.9 Å². The van der Waals surface area contributed by atoms with Gasteiger partial charge in [-0.1, -0.05) is 30.3 Å². The van der Waals surface area contributed by atoms with Crippen molar-refractivity contribution < 1.29 is 14.2 Å². The predicted molar refractivity (Wildman–Crippen MR) is 137 cm³/mol. The van der Waals surface area contributed by atoms with E-state index in [1.165, 1.54) is 16.7 Å². The molecule has 0 radical (unpaired) electrons. The SMILES string of the molecule is COc1cc2c(cc1OCCOCc1ccccc1)CCN1C[C@H](c3cc(C)ccn3)[C@H](N)C[C@H]21. The van der Waals surface area contributed by atoms with E-state index in [-0.39, 0.29) is 12.0 Å². The number of hydrogen-bond acceptors (Lipinski definition) is 6. The van der Waals surface area contributed by atoms with Crippen LogP contribution in [0.3, 0.4) is 0 Å². The van der Waals surface area contributed by atoms with Gasteiger partial charge in [0.1, 0.15) is 6.61 Å². The van der Waals surface area contributed by atoms with Crippen LogP contribution >= 0.6 is 0 Å². The smallest absolute Gasteiger partial charge is 0.161 e. The predicted octanol–water partition coefficient (Wildman–Crippen LogP) is 4.41. The van der Waals surface area contributed by atoms with Crippen molar-refractivity contribution in [3.63, 3.8) is 0 Å². The van der Waals surface area contributed by atoms with Crippen molar-refractivity contribution in [3.05, 3.63) is 88.7 Å². The number of methoxy groups -OCH3 is 1. The van der Waals surface area contributed by atoms with Crippen molar-refractivity contribution in [1.29, 1.82) is 0 Å². The molecule has 0 unspecified atom stereocenters. The molecule has 1 saturated heterocycles. The first-order chi connectivity index (χ1) is 17.1. The van der Waals surface area contributed by atoms with Crippen molar-refractivity contribution in [2.45, 2.75) is 44.4 Å². The lowest BCUT2D eigenvalue weighted by Gasteiger charge is -2.46. The molecule has 2 N–H and O–H groups in total. The fourth-order valence-corrected chi connectivity index (χ4v) is 5.39. The monoisotopic (exact) mass is 473 g/mol. The number of nitrogens with zero attached hydrogens (tertiary/aromatic N) is 2. The zero-order valence-corrected chi connectivity index (χ0v) is 20.7. The lowest BCUT2D eigenvalue weighted by Crippen LogP contribution is -2.50. The van der Waals surface area contributed by atoms with Crippen molar-refractivity contribution in [2.24, 2.45) is 5.73 Å². The number of aryl methyl sites for hydroxylation is 1. The van der Waals surface area contributed by atoms with Gasteiger partial charge in [0.2, 0.25) is 0 Å². The highest BCUT2D eigenvalue weighted by Crippen LogP contribution is 2.44. The summed E-state index contributed by atoms with van der Waals surface area (Å²) in [7, 11) is 1.70. The third-order valence-corrected chi connectivity index (χ3v) is 7.25. The summed E-state index contributed by atoms with van der Waals surface area (Å²) in [6.45, 7) is 5.64. The van der Waals surface area contributed by atoms with Crippen molar-refractivity contribution in [2.75, 3.05) is 33.4 Å². The van der Waals surface area contributed by atoms with Gasteiger partial charge in [-0.3, -0.25) is 9.88 Å². The first kappa shape index (κ1) is 23.8. The lowest BCUT2D eigenvalue weighted by atomic mass is 9.79. The first-order valence-electron chi connectivity index (χ1n) is 12.5. The largest absolute Gasteiger partial charge is 0.493 e. The van der Waals surface area contributed by atoms with Gasteiger partial charge in [-0.2, -0.15) is 0 Å². The Morgan fingerprint density at radius 1 is 1.06 bits per heavy atom. The Morgan fingerprint density at radius 2 is 1.91 bits per heavy atom. The van der Waals surface area contributed by atoms with Gasteiger partial charge in [0.05, 0.1) is 20.3 Å². The zero-order chi connectivity index (χ0) is 24.2. The molecule has 35 heavy (non-hydrogen) atoms. The van der Waals surface area contributed by atoms with Crippen LogP contribution < -0.4 is 15.2 Å². The minimum absolute atomic E-state index is 0.0696. The van der Waals surface area contributed by atoms with Gasteiger partial charge < -0.3 is 19.9 Å².